The average Bonchev–Trinajstić information content (AvgIpc) is 2.81. The normalized spacial score (nSPS) is 57.9. The monoisotopic (exact) mass is 276 g/mol. The van der Waals surface area contributed by atoms with Crippen LogP contribution in [-0.4, -0.2) is 21.4 Å². The lowest BCUT2D eigenvalue weighted by atomic mass is 9.48. The Kier molecular flexibility index (Phi) is 2.74. The molecular weight excluding hydrogens is 248 g/mol. The van der Waals surface area contributed by atoms with Gasteiger partial charge in [0.1, 0.15) is 5.60 Å². The molecule has 2 unspecified atom stereocenters. The van der Waals surface area contributed by atoms with Crippen LogP contribution in [0.15, 0.2) is 12.2 Å². The van der Waals surface area contributed by atoms with Crippen molar-refractivity contribution in [1.29, 1.82) is 0 Å². The third kappa shape index (κ3) is 1.53. The van der Waals surface area contributed by atoms with Gasteiger partial charge in [0, 0.05) is 0 Å². The van der Waals surface area contributed by atoms with Gasteiger partial charge in [-0.2, -0.15) is 0 Å². The van der Waals surface area contributed by atoms with Crippen LogP contribution in [0.5, 0.6) is 0 Å². The summed E-state index contributed by atoms with van der Waals surface area (Å²) in [7, 11) is 0. The van der Waals surface area contributed by atoms with Gasteiger partial charge in [-0.25, -0.2) is 0 Å². The minimum absolute atomic E-state index is 0.322. The zero-order valence-corrected chi connectivity index (χ0v) is 12.6. The van der Waals surface area contributed by atoms with Gasteiger partial charge in [-0.1, -0.05) is 25.5 Å². The summed E-state index contributed by atoms with van der Waals surface area (Å²) in [6.45, 7) is 2.48. The molecule has 2 N–H and O–H groups in total. The summed E-state index contributed by atoms with van der Waals surface area (Å²) in [4.78, 5) is 0. The molecule has 0 spiro atoms. The van der Waals surface area contributed by atoms with E-state index in [0.717, 1.165) is 25.2 Å². The highest BCUT2D eigenvalue weighted by Crippen LogP contribution is 2.63. The van der Waals surface area contributed by atoms with E-state index in [-0.39, 0.29) is 0 Å². The fourth-order valence-corrected chi connectivity index (χ4v) is 6.40. The first-order valence-electron chi connectivity index (χ1n) is 8.58. The van der Waals surface area contributed by atoms with Crippen LogP contribution in [0, 0.1) is 23.2 Å². The number of rotatable bonds is 0. The topological polar surface area (TPSA) is 40.5 Å². The first kappa shape index (κ1) is 13.3. The molecule has 0 radical (unpaired) electrons. The van der Waals surface area contributed by atoms with Crippen LogP contribution in [0.1, 0.15) is 64.7 Å². The second-order valence-electron chi connectivity index (χ2n) is 8.34. The van der Waals surface area contributed by atoms with Crippen LogP contribution >= 0.6 is 0 Å². The molecular formula is C18H28O2. The summed E-state index contributed by atoms with van der Waals surface area (Å²) in [5.41, 5.74) is -1.18. The zero-order valence-electron chi connectivity index (χ0n) is 12.6. The van der Waals surface area contributed by atoms with Crippen molar-refractivity contribution < 1.29 is 10.2 Å². The molecule has 3 fully saturated rings. The standard InChI is InChI=1S/C18H28O2/c1-16-8-4-5-14(16)13-6-12-17(19)9-2-3-10-18(17,20)15(13)7-11-16/h2-3,13-15,19-20H,4-12H2,1H3/t13-,14-,15-,16-,17?,18?/m0/s1. The molecule has 0 aromatic heterocycles. The predicted octanol–water partition coefficient (Wildman–Crippen LogP) is 3.43. The fraction of sp³-hybridized carbons (Fsp3) is 0.889. The van der Waals surface area contributed by atoms with Gasteiger partial charge in [-0.05, 0) is 74.5 Å². The van der Waals surface area contributed by atoms with E-state index < -0.39 is 11.2 Å². The number of aliphatic hydroxyl groups is 2. The SMILES string of the molecule is C[C@@]12CCC[C@H]1[C@@H]1CCC3(O)CC=CCC3(O)[C@H]1CC2. The molecule has 20 heavy (non-hydrogen) atoms. The molecule has 0 saturated heterocycles. The van der Waals surface area contributed by atoms with Crippen molar-refractivity contribution in [2.45, 2.75) is 75.9 Å². The highest BCUT2D eigenvalue weighted by molar-refractivity contribution is 5.19. The highest BCUT2D eigenvalue weighted by atomic mass is 16.4. The van der Waals surface area contributed by atoms with E-state index in [1.807, 2.05) is 0 Å². The Balaban J connectivity index is 1.70. The zero-order chi connectivity index (χ0) is 14.0. The van der Waals surface area contributed by atoms with Gasteiger partial charge in [0.25, 0.3) is 0 Å². The summed E-state index contributed by atoms with van der Waals surface area (Å²) in [5.74, 6) is 1.76. The molecule has 6 atom stereocenters. The summed E-state index contributed by atoms with van der Waals surface area (Å²) < 4.78 is 0. The quantitative estimate of drug-likeness (QED) is 0.666. The molecule has 0 aromatic rings. The molecule has 2 heteroatoms. The maximum atomic E-state index is 11.3. The van der Waals surface area contributed by atoms with E-state index in [2.05, 4.69) is 19.1 Å². The van der Waals surface area contributed by atoms with Crippen molar-refractivity contribution in [2.75, 3.05) is 0 Å². The summed E-state index contributed by atoms with van der Waals surface area (Å²) >= 11 is 0. The van der Waals surface area contributed by atoms with Gasteiger partial charge >= 0.3 is 0 Å². The van der Waals surface area contributed by atoms with Crippen LogP contribution < -0.4 is 0 Å². The molecule has 0 heterocycles. The van der Waals surface area contributed by atoms with Gasteiger partial charge < -0.3 is 10.2 Å². The van der Waals surface area contributed by atoms with Crippen LogP contribution in [0.2, 0.25) is 0 Å². The lowest BCUT2D eigenvalue weighted by Crippen LogP contribution is -2.66. The largest absolute Gasteiger partial charge is 0.387 e. The molecule has 4 aliphatic carbocycles. The van der Waals surface area contributed by atoms with Crippen molar-refractivity contribution >= 4 is 0 Å². The Bertz CT molecular complexity index is 445. The lowest BCUT2D eigenvalue weighted by molar-refractivity contribution is -0.237. The minimum atomic E-state index is -0.853. The van der Waals surface area contributed by atoms with E-state index in [1.54, 1.807) is 0 Å². The van der Waals surface area contributed by atoms with Crippen molar-refractivity contribution in [3.05, 3.63) is 12.2 Å². The molecule has 4 aliphatic rings. The van der Waals surface area contributed by atoms with Crippen molar-refractivity contribution in [2.24, 2.45) is 23.2 Å². The van der Waals surface area contributed by atoms with E-state index in [0.29, 0.717) is 30.1 Å². The Labute approximate surface area is 122 Å². The van der Waals surface area contributed by atoms with Gasteiger partial charge in [0.05, 0.1) is 5.60 Å². The summed E-state index contributed by atoms with van der Waals surface area (Å²) in [6.07, 6.45) is 13.8. The van der Waals surface area contributed by atoms with Crippen LogP contribution in [0.3, 0.4) is 0 Å². The molecule has 0 aromatic carbocycles. The van der Waals surface area contributed by atoms with Gasteiger partial charge in [-0.15, -0.1) is 0 Å². The van der Waals surface area contributed by atoms with Crippen molar-refractivity contribution in [3.8, 4) is 0 Å². The molecule has 0 bridgehead atoms. The molecule has 4 rings (SSSR count). The first-order valence-corrected chi connectivity index (χ1v) is 8.58. The smallest absolute Gasteiger partial charge is 0.100 e. The first-order chi connectivity index (χ1) is 9.49. The van der Waals surface area contributed by atoms with E-state index in [4.69, 9.17) is 0 Å². The van der Waals surface area contributed by atoms with Gasteiger partial charge in [0.2, 0.25) is 0 Å². The van der Waals surface area contributed by atoms with E-state index in [1.165, 1.54) is 25.7 Å². The maximum absolute atomic E-state index is 11.3. The molecule has 0 aliphatic heterocycles. The predicted molar refractivity (Wildman–Crippen MR) is 79.2 cm³/mol. The summed E-state index contributed by atoms with van der Waals surface area (Å²) in [5, 5.41) is 22.3. The maximum Gasteiger partial charge on any atom is 0.100 e. The molecule has 2 nitrogen and oxygen atoms in total. The lowest BCUT2D eigenvalue weighted by Gasteiger charge is -2.60. The molecule has 112 valence electrons. The van der Waals surface area contributed by atoms with Crippen LogP contribution in [0.25, 0.3) is 0 Å². The number of hydrogen-bond acceptors (Lipinski definition) is 2. The van der Waals surface area contributed by atoms with E-state index in [9.17, 15) is 10.2 Å². The van der Waals surface area contributed by atoms with Crippen molar-refractivity contribution in [1.82, 2.24) is 0 Å². The second-order valence-corrected chi connectivity index (χ2v) is 8.34. The Morgan fingerprint density at radius 2 is 1.70 bits per heavy atom. The Morgan fingerprint density at radius 3 is 2.55 bits per heavy atom. The Hall–Kier alpha value is -0.340. The summed E-state index contributed by atoms with van der Waals surface area (Å²) in [6, 6.07) is 0. The van der Waals surface area contributed by atoms with Crippen molar-refractivity contribution in [3.63, 3.8) is 0 Å². The molecule has 0 amide bonds. The third-order valence-corrected chi connectivity index (χ3v) is 7.58. The van der Waals surface area contributed by atoms with Gasteiger partial charge in [-0.3, -0.25) is 0 Å². The highest BCUT2D eigenvalue weighted by Gasteiger charge is 2.63. The Morgan fingerprint density at radius 1 is 0.900 bits per heavy atom. The van der Waals surface area contributed by atoms with E-state index >= 15 is 0 Å². The second kappa shape index (κ2) is 4.10. The minimum Gasteiger partial charge on any atom is -0.387 e. The van der Waals surface area contributed by atoms with Gasteiger partial charge in [0.15, 0.2) is 0 Å². The van der Waals surface area contributed by atoms with Crippen LogP contribution in [-0.2, 0) is 0 Å². The third-order valence-electron chi connectivity index (χ3n) is 7.58. The fourth-order valence-electron chi connectivity index (χ4n) is 6.40. The number of fused-ring (bicyclic) bond motifs is 5. The molecule has 3 saturated carbocycles. The number of hydrogen-bond donors (Lipinski definition) is 2. The van der Waals surface area contributed by atoms with Crippen LogP contribution in [0.4, 0.5) is 0 Å². The average molecular weight is 276 g/mol.